The number of carboxylic acids is 1. The van der Waals surface area contributed by atoms with E-state index in [1.165, 1.54) is 5.56 Å². The van der Waals surface area contributed by atoms with Crippen molar-refractivity contribution in [3.05, 3.63) is 114 Å². The van der Waals surface area contributed by atoms with Crippen LogP contribution in [0.4, 0.5) is 16.2 Å². The van der Waals surface area contributed by atoms with Gasteiger partial charge in [-0.05, 0) is 91.4 Å². The van der Waals surface area contributed by atoms with E-state index in [1.807, 2.05) is 97.9 Å². The zero-order chi connectivity index (χ0) is 30.4. The van der Waals surface area contributed by atoms with Gasteiger partial charge in [-0.15, -0.1) is 0 Å². The van der Waals surface area contributed by atoms with Gasteiger partial charge < -0.3 is 15.2 Å². The van der Waals surface area contributed by atoms with Crippen molar-refractivity contribution in [2.45, 2.75) is 61.7 Å². The molecule has 6 nitrogen and oxygen atoms in total. The van der Waals surface area contributed by atoms with E-state index in [0.29, 0.717) is 25.3 Å². The van der Waals surface area contributed by atoms with Crippen molar-refractivity contribution >= 4 is 35.1 Å². The molecule has 7 heteroatoms. The van der Waals surface area contributed by atoms with Crippen molar-refractivity contribution in [2.75, 3.05) is 23.4 Å². The first kappa shape index (κ1) is 31.7. The Hall–Kier alpha value is -4.23. The third-order valence-electron chi connectivity index (χ3n) is 7.16. The highest BCUT2D eigenvalue weighted by Crippen LogP contribution is 2.32. The number of aryl methyl sites for hydroxylation is 1. The first-order valence-electron chi connectivity index (χ1n) is 14.9. The molecule has 4 aromatic rings. The third-order valence-corrected chi connectivity index (χ3v) is 8.16. The van der Waals surface area contributed by atoms with Gasteiger partial charge in [-0.25, -0.2) is 4.79 Å². The van der Waals surface area contributed by atoms with E-state index in [-0.39, 0.29) is 6.03 Å². The number of anilines is 2. The minimum Gasteiger partial charge on any atom is -0.494 e. The number of rotatable bonds is 15. The van der Waals surface area contributed by atoms with Crippen molar-refractivity contribution in [3.8, 4) is 5.75 Å². The Balaban J connectivity index is 1.48. The molecule has 0 saturated heterocycles. The van der Waals surface area contributed by atoms with Gasteiger partial charge in [-0.3, -0.25) is 9.69 Å². The molecule has 43 heavy (non-hydrogen) atoms. The number of carbonyl (C=O) groups is 2. The molecule has 0 spiro atoms. The van der Waals surface area contributed by atoms with Crippen LogP contribution in [0.25, 0.3) is 0 Å². The number of unbranched alkanes of at least 4 members (excludes halogenated alkanes) is 1. The van der Waals surface area contributed by atoms with Crippen LogP contribution in [0.15, 0.2) is 113 Å². The molecule has 0 heterocycles. The van der Waals surface area contributed by atoms with E-state index >= 15 is 0 Å². The Bertz CT molecular complexity index is 1440. The number of ether oxygens (including phenoxy) is 1. The second-order valence-corrected chi connectivity index (χ2v) is 11.5. The maximum Gasteiger partial charge on any atom is 0.326 e. The minimum atomic E-state index is -0.808. The van der Waals surface area contributed by atoms with Gasteiger partial charge in [0.2, 0.25) is 0 Å². The molecule has 4 rings (SSSR count). The zero-order valence-corrected chi connectivity index (χ0v) is 25.7. The number of aliphatic carboxylic acids is 1. The summed E-state index contributed by atoms with van der Waals surface area (Å²) in [6, 6.07) is 33.2. The van der Waals surface area contributed by atoms with Crippen molar-refractivity contribution < 1.29 is 19.4 Å². The topological polar surface area (TPSA) is 78.9 Å². The summed E-state index contributed by atoms with van der Waals surface area (Å²) in [7, 11) is 0. The monoisotopic (exact) mass is 596 g/mol. The summed E-state index contributed by atoms with van der Waals surface area (Å²) in [5.74, 6) is -0.523. The van der Waals surface area contributed by atoms with Crippen molar-refractivity contribution in [2.24, 2.45) is 0 Å². The number of benzene rings is 4. The zero-order valence-electron chi connectivity index (χ0n) is 24.9. The Kier molecular flexibility index (Phi) is 12.1. The number of amides is 2. The van der Waals surface area contributed by atoms with E-state index in [4.69, 9.17) is 4.74 Å². The van der Waals surface area contributed by atoms with E-state index < -0.39 is 11.9 Å². The van der Waals surface area contributed by atoms with Crippen LogP contribution in [0, 0.1) is 0 Å². The largest absolute Gasteiger partial charge is 0.494 e. The average Bonchev–Trinajstić information content (AvgIpc) is 3.02. The lowest BCUT2D eigenvalue weighted by Gasteiger charge is -2.24. The summed E-state index contributed by atoms with van der Waals surface area (Å²) in [6.07, 6.45) is 4.30. The van der Waals surface area contributed by atoms with Crippen molar-refractivity contribution in [1.29, 1.82) is 0 Å². The second kappa shape index (κ2) is 16.4. The molecule has 0 aliphatic rings. The molecule has 2 amide bonds. The van der Waals surface area contributed by atoms with Crippen LogP contribution in [-0.2, 0) is 11.2 Å². The molecule has 2 N–H and O–H groups in total. The quantitative estimate of drug-likeness (QED) is 0.134. The highest BCUT2D eigenvalue weighted by molar-refractivity contribution is 7.99. The fourth-order valence-electron chi connectivity index (χ4n) is 4.77. The van der Waals surface area contributed by atoms with Gasteiger partial charge in [0.25, 0.3) is 0 Å². The molecule has 224 valence electrons. The first-order valence-corrected chi connectivity index (χ1v) is 15.7. The summed E-state index contributed by atoms with van der Waals surface area (Å²) in [5, 5.41) is 12.5. The van der Waals surface area contributed by atoms with E-state index in [0.717, 1.165) is 52.5 Å². The number of nitrogens with zero attached hydrogens (tertiary/aromatic N) is 1. The van der Waals surface area contributed by atoms with Crippen LogP contribution in [0.1, 0.15) is 56.6 Å². The van der Waals surface area contributed by atoms with Crippen LogP contribution < -0.4 is 15.0 Å². The van der Waals surface area contributed by atoms with Gasteiger partial charge in [-0.2, -0.15) is 0 Å². The van der Waals surface area contributed by atoms with Crippen LogP contribution in [0.5, 0.6) is 5.75 Å². The molecular formula is C36H40N2O4S. The maximum absolute atomic E-state index is 13.6. The number of hydrogen-bond acceptors (Lipinski definition) is 4. The highest BCUT2D eigenvalue weighted by atomic mass is 32.2. The number of hydrogen-bond donors (Lipinski definition) is 2. The lowest BCUT2D eigenvalue weighted by atomic mass is 9.97. The summed E-state index contributed by atoms with van der Waals surface area (Å²) in [6.45, 7) is 5.24. The van der Waals surface area contributed by atoms with Crippen molar-refractivity contribution in [3.63, 3.8) is 0 Å². The standard InChI is InChI=1S/C36H40N2O4S/c1-3-5-25-42-31-20-18-29(19-21-31)37-36(41)38(24-10-13-27-11-7-6-8-12-27)30-14-9-15-33(26-30)43-32-22-16-28(17-23-32)34(4-2)35(39)40/h6-9,11-12,14-23,26,34H,3-5,10,13,24-25H2,1-2H3,(H,37,41)(H,39,40). The van der Waals surface area contributed by atoms with Crippen LogP contribution >= 0.6 is 11.8 Å². The molecule has 0 aliphatic carbocycles. The average molecular weight is 597 g/mol. The number of carbonyl (C=O) groups excluding carboxylic acids is 1. The van der Waals surface area contributed by atoms with Gasteiger partial charge >= 0.3 is 12.0 Å². The van der Waals surface area contributed by atoms with Crippen LogP contribution in [0.3, 0.4) is 0 Å². The molecular weight excluding hydrogens is 556 g/mol. The van der Waals surface area contributed by atoms with E-state index in [9.17, 15) is 14.7 Å². The lowest BCUT2D eigenvalue weighted by molar-refractivity contribution is -0.138. The van der Waals surface area contributed by atoms with Crippen molar-refractivity contribution in [1.82, 2.24) is 0 Å². The van der Waals surface area contributed by atoms with Gasteiger partial charge in [0.05, 0.1) is 12.5 Å². The van der Waals surface area contributed by atoms with Gasteiger partial charge in [-0.1, -0.05) is 80.6 Å². The summed E-state index contributed by atoms with van der Waals surface area (Å²) in [4.78, 5) is 29.0. The van der Waals surface area contributed by atoms with Crippen LogP contribution in [0.2, 0.25) is 0 Å². The fraction of sp³-hybridized carbons (Fsp3) is 0.278. The summed E-state index contributed by atoms with van der Waals surface area (Å²) >= 11 is 1.58. The Morgan fingerprint density at radius 3 is 2.28 bits per heavy atom. The predicted molar refractivity (Wildman–Crippen MR) is 176 cm³/mol. The number of urea groups is 1. The molecule has 1 atom stereocenters. The molecule has 0 fully saturated rings. The van der Waals surface area contributed by atoms with Gasteiger partial charge in [0.15, 0.2) is 0 Å². The summed E-state index contributed by atoms with van der Waals surface area (Å²) < 4.78 is 5.76. The molecule has 0 radical (unpaired) electrons. The first-order chi connectivity index (χ1) is 21.0. The molecule has 1 unspecified atom stereocenters. The Labute approximate surface area is 259 Å². The normalized spacial score (nSPS) is 11.5. The maximum atomic E-state index is 13.6. The minimum absolute atomic E-state index is 0.196. The fourth-order valence-corrected chi connectivity index (χ4v) is 5.64. The van der Waals surface area contributed by atoms with E-state index in [1.54, 1.807) is 16.7 Å². The highest BCUT2D eigenvalue weighted by Gasteiger charge is 2.18. The van der Waals surface area contributed by atoms with E-state index in [2.05, 4.69) is 24.4 Å². The molecule has 4 aromatic carbocycles. The molecule has 0 saturated carbocycles. The smallest absolute Gasteiger partial charge is 0.326 e. The van der Waals surface area contributed by atoms with Crippen LogP contribution in [-0.4, -0.2) is 30.3 Å². The second-order valence-electron chi connectivity index (χ2n) is 10.4. The Morgan fingerprint density at radius 1 is 0.860 bits per heavy atom. The summed E-state index contributed by atoms with van der Waals surface area (Å²) in [5.41, 5.74) is 3.55. The third kappa shape index (κ3) is 9.65. The SMILES string of the molecule is CCCCOc1ccc(NC(=O)N(CCCc2ccccc2)c2cccc(Sc3ccc(C(CC)C(=O)O)cc3)c2)cc1. The molecule has 0 aliphatic heterocycles. The molecule has 0 aromatic heterocycles. The predicted octanol–water partition coefficient (Wildman–Crippen LogP) is 9.27. The number of carboxylic acid groups (broad SMARTS) is 1. The Morgan fingerprint density at radius 2 is 1.60 bits per heavy atom. The lowest BCUT2D eigenvalue weighted by Crippen LogP contribution is -2.36. The van der Waals surface area contributed by atoms with Gasteiger partial charge in [0, 0.05) is 27.7 Å². The molecule has 0 bridgehead atoms. The van der Waals surface area contributed by atoms with Gasteiger partial charge in [0.1, 0.15) is 5.75 Å². The number of nitrogens with one attached hydrogen (secondary N) is 1.